The molecule has 7 heteroatoms. The Morgan fingerprint density at radius 1 is 1.20 bits per heavy atom. The Bertz CT molecular complexity index is 689. The Morgan fingerprint density at radius 3 is 2.76 bits per heavy atom. The summed E-state index contributed by atoms with van der Waals surface area (Å²) in [4.78, 5) is 10.1. The second kappa shape index (κ2) is 8.38. The van der Waals surface area contributed by atoms with E-state index in [0.717, 1.165) is 47.8 Å². The van der Waals surface area contributed by atoms with Crippen LogP contribution >= 0.6 is 11.9 Å². The van der Waals surface area contributed by atoms with E-state index in [1.807, 2.05) is 6.92 Å². The minimum Gasteiger partial charge on any atom is -0.387 e. The van der Waals surface area contributed by atoms with Crippen molar-refractivity contribution < 1.29 is 0 Å². The molecule has 2 aliphatic rings. The Hall–Kier alpha value is -2.02. The molecular weight excluding hydrogens is 332 g/mol. The van der Waals surface area contributed by atoms with Crippen molar-refractivity contribution in [1.29, 1.82) is 5.41 Å². The molecule has 134 valence electrons. The average Bonchev–Trinajstić information content (AvgIpc) is 2.63. The standard InChI is InChI=1S/C18H26N6S/c1-12-14-7-3-4-8-15(14)23-18(21-12)22-13(2)24-25-17(11-19)16-9-5-6-10-20-16/h11,19-20,24H,2-10H2,1H3,(H,21,22,23)/b17-16+,19-11?. The lowest BCUT2D eigenvalue weighted by molar-refractivity contribution is 0.588. The first-order valence-electron chi connectivity index (χ1n) is 8.90. The van der Waals surface area contributed by atoms with Crippen LogP contribution in [0.25, 0.3) is 0 Å². The Kier molecular flexibility index (Phi) is 5.96. The zero-order valence-corrected chi connectivity index (χ0v) is 15.6. The summed E-state index contributed by atoms with van der Waals surface area (Å²) < 4.78 is 3.16. The van der Waals surface area contributed by atoms with E-state index in [1.54, 1.807) is 0 Å². The third-order valence-corrected chi connectivity index (χ3v) is 5.49. The lowest BCUT2D eigenvalue weighted by atomic mass is 9.95. The molecule has 2 heterocycles. The van der Waals surface area contributed by atoms with Crippen LogP contribution in [-0.2, 0) is 12.8 Å². The molecule has 1 aliphatic carbocycles. The fourth-order valence-electron chi connectivity index (χ4n) is 3.26. The van der Waals surface area contributed by atoms with Gasteiger partial charge in [0, 0.05) is 29.8 Å². The van der Waals surface area contributed by atoms with Crippen molar-refractivity contribution in [3.8, 4) is 0 Å². The molecule has 0 radical (unpaired) electrons. The van der Waals surface area contributed by atoms with E-state index in [0.29, 0.717) is 11.8 Å². The molecular formula is C18H26N6S. The first-order valence-corrected chi connectivity index (χ1v) is 9.71. The number of allylic oxidation sites excluding steroid dienone is 2. The van der Waals surface area contributed by atoms with Gasteiger partial charge in [0.05, 0.1) is 4.91 Å². The van der Waals surface area contributed by atoms with Gasteiger partial charge >= 0.3 is 0 Å². The number of hydrogen-bond acceptors (Lipinski definition) is 7. The van der Waals surface area contributed by atoms with Crippen molar-refractivity contribution in [2.24, 2.45) is 0 Å². The van der Waals surface area contributed by atoms with Gasteiger partial charge in [-0.1, -0.05) is 6.58 Å². The number of anilines is 1. The van der Waals surface area contributed by atoms with Crippen LogP contribution in [0.5, 0.6) is 0 Å². The van der Waals surface area contributed by atoms with Crippen molar-refractivity contribution in [1.82, 2.24) is 20.0 Å². The minimum absolute atomic E-state index is 0.594. The smallest absolute Gasteiger partial charge is 0.228 e. The van der Waals surface area contributed by atoms with Gasteiger partial charge in [0.25, 0.3) is 0 Å². The first kappa shape index (κ1) is 17.8. The maximum atomic E-state index is 7.64. The normalized spacial score (nSPS) is 18.6. The Balaban J connectivity index is 1.61. The van der Waals surface area contributed by atoms with Crippen LogP contribution in [0.4, 0.5) is 5.95 Å². The number of hydrogen-bond donors (Lipinski definition) is 4. The van der Waals surface area contributed by atoms with Gasteiger partial charge in [-0.05, 0) is 69.4 Å². The van der Waals surface area contributed by atoms with Crippen LogP contribution in [0, 0.1) is 12.3 Å². The van der Waals surface area contributed by atoms with Gasteiger partial charge in [-0.3, -0.25) is 0 Å². The van der Waals surface area contributed by atoms with Crippen LogP contribution in [0.1, 0.15) is 49.1 Å². The molecule has 1 aromatic heterocycles. The highest BCUT2D eigenvalue weighted by Gasteiger charge is 2.16. The first-order chi connectivity index (χ1) is 12.2. The summed E-state index contributed by atoms with van der Waals surface area (Å²) in [5.41, 5.74) is 4.66. The molecule has 0 aromatic carbocycles. The SMILES string of the molecule is C=C(NS/C(C=N)=C1\CCCCN1)Nc1nc(C)c2c(n1)CCCC2. The monoisotopic (exact) mass is 358 g/mol. The Labute approximate surface area is 153 Å². The van der Waals surface area contributed by atoms with Gasteiger partial charge in [0.15, 0.2) is 0 Å². The van der Waals surface area contributed by atoms with Gasteiger partial charge in [-0.25, -0.2) is 9.97 Å². The summed E-state index contributed by atoms with van der Waals surface area (Å²) in [6, 6.07) is 0. The number of nitrogens with zero attached hydrogens (tertiary/aromatic N) is 2. The number of rotatable bonds is 6. The van der Waals surface area contributed by atoms with Crippen molar-refractivity contribution in [3.05, 3.63) is 40.0 Å². The van der Waals surface area contributed by atoms with Crippen LogP contribution < -0.4 is 15.4 Å². The lowest BCUT2D eigenvalue weighted by Crippen LogP contribution is -2.22. The van der Waals surface area contributed by atoms with Gasteiger partial charge in [0.2, 0.25) is 5.95 Å². The average molecular weight is 359 g/mol. The van der Waals surface area contributed by atoms with Crippen LogP contribution in [0.3, 0.4) is 0 Å². The van der Waals surface area contributed by atoms with Gasteiger partial charge < -0.3 is 20.8 Å². The number of aromatic nitrogens is 2. The summed E-state index contributed by atoms with van der Waals surface area (Å²) in [6.07, 6.45) is 9.27. The van der Waals surface area contributed by atoms with E-state index in [4.69, 9.17) is 5.41 Å². The molecule has 0 atom stereocenters. The summed E-state index contributed by atoms with van der Waals surface area (Å²) in [6.45, 7) is 7.03. The molecule has 25 heavy (non-hydrogen) atoms. The summed E-state index contributed by atoms with van der Waals surface area (Å²) in [5, 5.41) is 14.2. The maximum Gasteiger partial charge on any atom is 0.228 e. The maximum absolute atomic E-state index is 7.64. The molecule has 6 nitrogen and oxygen atoms in total. The zero-order valence-electron chi connectivity index (χ0n) is 14.7. The van der Waals surface area contributed by atoms with E-state index in [1.165, 1.54) is 49.4 Å². The largest absolute Gasteiger partial charge is 0.387 e. The quantitative estimate of drug-likeness (QED) is 0.460. The van der Waals surface area contributed by atoms with Crippen molar-refractivity contribution in [3.63, 3.8) is 0 Å². The van der Waals surface area contributed by atoms with Crippen molar-refractivity contribution in [2.75, 3.05) is 11.9 Å². The lowest BCUT2D eigenvalue weighted by Gasteiger charge is -2.20. The molecule has 1 fully saturated rings. The second-order valence-corrected chi connectivity index (χ2v) is 7.29. The minimum atomic E-state index is 0.594. The fourth-order valence-corrected chi connectivity index (χ4v) is 3.90. The van der Waals surface area contributed by atoms with Gasteiger partial charge in [-0.15, -0.1) is 0 Å². The molecule has 1 aromatic rings. The fraction of sp³-hybridized carbons (Fsp3) is 0.500. The summed E-state index contributed by atoms with van der Waals surface area (Å²) in [7, 11) is 0. The van der Waals surface area contributed by atoms with Crippen molar-refractivity contribution in [2.45, 2.75) is 51.9 Å². The highest BCUT2D eigenvalue weighted by Crippen LogP contribution is 2.24. The number of piperidine rings is 1. The topological polar surface area (TPSA) is 85.7 Å². The van der Waals surface area contributed by atoms with E-state index < -0.39 is 0 Å². The van der Waals surface area contributed by atoms with E-state index in [2.05, 4.69) is 31.9 Å². The molecule has 1 aliphatic heterocycles. The molecule has 0 amide bonds. The van der Waals surface area contributed by atoms with Crippen molar-refractivity contribution >= 4 is 24.1 Å². The second-order valence-electron chi connectivity index (χ2n) is 6.44. The molecule has 1 saturated heterocycles. The zero-order chi connectivity index (χ0) is 17.6. The Morgan fingerprint density at radius 2 is 2.00 bits per heavy atom. The molecule has 0 saturated carbocycles. The predicted molar refractivity (Wildman–Crippen MR) is 105 cm³/mol. The molecule has 0 spiro atoms. The van der Waals surface area contributed by atoms with E-state index in [9.17, 15) is 0 Å². The van der Waals surface area contributed by atoms with Crippen LogP contribution in [-0.4, -0.2) is 22.7 Å². The highest BCUT2D eigenvalue weighted by atomic mass is 32.2. The third kappa shape index (κ3) is 4.54. The van der Waals surface area contributed by atoms with Crippen LogP contribution in [0.2, 0.25) is 0 Å². The third-order valence-electron chi connectivity index (χ3n) is 4.56. The molecule has 3 rings (SSSR count). The highest BCUT2D eigenvalue weighted by molar-refractivity contribution is 8.02. The van der Waals surface area contributed by atoms with Gasteiger partial charge in [0.1, 0.15) is 5.82 Å². The number of fused-ring (bicyclic) bond motifs is 1. The molecule has 0 unspecified atom stereocenters. The number of aryl methyl sites for hydroxylation is 2. The summed E-state index contributed by atoms with van der Waals surface area (Å²) >= 11 is 1.39. The van der Waals surface area contributed by atoms with Gasteiger partial charge in [-0.2, -0.15) is 0 Å². The summed E-state index contributed by atoms with van der Waals surface area (Å²) in [5.74, 6) is 1.21. The van der Waals surface area contributed by atoms with E-state index in [-0.39, 0.29) is 0 Å². The van der Waals surface area contributed by atoms with E-state index >= 15 is 0 Å². The molecule has 0 bridgehead atoms. The number of nitrogens with one attached hydrogen (secondary N) is 4. The molecule has 4 N–H and O–H groups in total. The van der Waals surface area contributed by atoms with Crippen LogP contribution in [0.15, 0.2) is 23.0 Å². The predicted octanol–water partition coefficient (Wildman–Crippen LogP) is 3.42.